The normalized spacial score (nSPS) is 11.8. The number of aliphatic carboxylic acids is 1. The van der Waals surface area contributed by atoms with E-state index in [1.807, 2.05) is 6.92 Å². The highest BCUT2D eigenvalue weighted by molar-refractivity contribution is 8.00. The minimum absolute atomic E-state index is 0.361. The molecule has 0 bridgehead atoms. The Labute approximate surface area is 110 Å². The monoisotopic (exact) mass is 268 g/mol. The summed E-state index contributed by atoms with van der Waals surface area (Å²) in [6.45, 7) is 2.02. The molecule has 5 heteroatoms. The third-order valence-corrected chi connectivity index (χ3v) is 3.32. The van der Waals surface area contributed by atoms with E-state index < -0.39 is 17.4 Å². The van der Waals surface area contributed by atoms with Gasteiger partial charge < -0.3 is 9.84 Å². The van der Waals surface area contributed by atoms with E-state index in [0.717, 1.165) is 24.6 Å². The second kappa shape index (κ2) is 7.76. The highest BCUT2D eigenvalue weighted by Crippen LogP contribution is 2.17. The summed E-state index contributed by atoms with van der Waals surface area (Å²) in [6, 6.07) is 8.38. The molecule has 0 aromatic heterocycles. The van der Waals surface area contributed by atoms with E-state index in [2.05, 4.69) is 0 Å². The lowest BCUT2D eigenvalue weighted by atomic mass is 10.2. The molecule has 1 atom stereocenters. The molecule has 0 saturated carbocycles. The van der Waals surface area contributed by atoms with Crippen molar-refractivity contribution in [3.63, 3.8) is 0 Å². The minimum Gasteiger partial charge on any atom is -0.478 e. The van der Waals surface area contributed by atoms with E-state index >= 15 is 0 Å². The van der Waals surface area contributed by atoms with Gasteiger partial charge in [0.05, 0.1) is 5.56 Å². The van der Waals surface area contributed by atoms with Crippen molar-refractivity contribution in [3.05, 3.63) is 35.9 Å². The summed E-state index contributed by atoms with van der Waals surface area (Å²) in [5, 5.41) is 8.97. The predicted octanol–water partition coefficient (Wildman–Crippen LogP) is 2.79. The summed E-state index contributed by atoms with van der Waals surface area (Å²) in [5.74, 6) is -1.07. The zero-order valence-electron chi connectivity index (χ0n) is 10.2. The first-order valence-electron chi connectivity index (χ1n) is 5.75. The van der Waals surface area contributed by atoms with Gasteiger partial charge in [-0.1, -0.05) is 31.5 Å². The number of thioether (sulfide) groups is 1. The summed E-state index contributed by atoms with van der Waals surface area (Å²) < 4.78 is 4.97. The minimum atomic E-state index is -1.13. The van der Waals surface area contributed by atoms with Gasteiger partial charge in [0.25, 0.3) is 0 Å². The zero-order chi connectivity index (χ0) is 13.4. The Hall–Kier alpha value is -1.49. The van der Waals surface area contributed by atoms with Gasteiger partial charge in [0.1, 0.15) is 0 Å². The number of carboxylic acids is 1. The lowest BCUT2D eigenvalue weighted by Gasteiger charge is -2.13. The van der Waals surface area contributed by atoms with Crippen LogP contribution in [0.1, 0.15) is 30.1 Å². The van der Waals surface area contributed by atoms with Gasteiger partial charge in [-0.3, -0.25) is 0 Å². The van der Waals surface area contributed by atoms with Crippen LogP contribution in [0.3, 0.4) is 0 Å². The number of carbonyl (C=O) groups is 2. The molecule has 1 N–H and O–H groups in total. The lowest BCUT2D eigenvalue weighted by molar-refractivity contribution is -0.142. The van der Waals surface area contributed by atoms with Crippen molar-refractivity contribution < 1.29 is 19.4 Å². The largest absolute Gasteiger partial charge is 0.478 e. The van der Waals surface area contributed by atoms with Crippen LogP contribution in [0, 0.1) is 0 Å². The smallest absolute Gasteiger partial charge is 0.355 e. The van der Waals surface area contributed by atoms with Crippen molar-refractivity contribution in [1.29, 1.82) is 0 Å². The first kappa shape index (κ1) is 14.6. The maximum absolute atomic E-state index is 11.7. The van der Waals surface area contributed by atoms with E-state index in [0.29, 0.717) is 11.3 Å². The molecular weight excluding hydrogens is 252 g/mol. The maximum Gasteiger partial charge on any atom is 0.355 e. The molecular formula is C13H16O4S. The number of rotatable bonds is 7. The van der Waals surface area contributed by atoms with Crippen LogP contribution in [0.4, 0.5) is 0 Å². The van der Waals surface area contributed by atoms with E-state index in [1.54, 1.807) is 30.3 Å². The Morgan fingerprint density at radius 2 is 2.00 bits per heavy atom. The number of hydrogen-bond acceptors (Lipinski definition) is 4. The summed E-state index contributed by atoms with van der Waals surface area (Å²) in [6.07, 6.45) is 1.88. The third-order valence-electron chi connectivity index (χ3n) is 2.19. The zero-order valence-corrected chi connectivity index (χ0v) is 11.0. The lowest BCUT2D eigenvalue weighted by Crippen LogP contribution is -2.24. The van der Waals surface area contributed by atoms with Gasteiger partial charge in [-0.2, -0.15) is 0 Å². The van der Waals surface area contributed by atoms with Gasteiger partial charge in [-0.15, -0.1) is 11.8 Å². The Morgan fingerprint density at radius 3 is 2.56 bits per heavy atom. The first-order chi connectivity index (χ1) is 8.65. The molecule has 18 heavy (non-hydrogen) atoms. The molecule has 0 aliphatic rings. The van der Waals surface area contributed by atoms with Gasteiger partial charge in [-0.05, 0) is 24.3 Å². The van der Waals surface area contributed by atoms with Crippen LogP contribution in [0.15, 0.2) is 30.3 Å². The van der Waals surface area contributed by atoms with Crippen molar-refractivity contribution in [2.45, 2.75) is 25.2 Å². The summed E-state index contributed by atoms with van der Waals surface area (Å²) >= 11 is 1.13. The van der Waals surface area contributed by atoms with Gasteiger partial charge >= 0.3 is 11.9 Å². The standard InChI is InChI=1S/C13H16O4S/c1-2-3-9-18-13(11(14)15)17-12(16)10-7-5-4-6-8-10/h4-8,13H,2-3,9H2,1H3,(H,14,15). The quantitative estimate of drug-likeness (QED) is 0.468. The Balaban J connectivity index is 2.55. The number of esters is 1. The van der Waals surface area contributed by atoms with Crippen molar-refractivity contribution >= 4 is 23.7 Å². The van der Waals surface area contributed by atoms with Gasteiger partial charge in [0.15, 0.2) is 0 Å². The number of hydrogen-bond donors (Lipinski definition) is 1. The molecule has 0 spiro atoms. The van der Waals surface area contributed by atoms with Crippen molar-refractivity contribution in [3.8, 4) is 0 Å². The Bertz CT molecular complexity index is 391. The molecule has 0 heterocycles. The molecule has 0 aliphatic carbocycles. The molecule has 98 valence electrons. The van der Waals surface area contributed by atoms with Crippen LogP contribution in [0.5, 0.6) is 0 Å². The Morgan fingerprint density at radius 1 is 1.33 bits per heavy atom. The van der Waals surface area contributed by atoms with E-state index in [-0.39, 0.29) is 0 Å². The maximum atomic E-state index is 11.7. The molecule has 0 aliphatic heterocycles. The van der Waals surface area contributed by atoms with Crippen LogP contribution in [0.2, 0.25) is 0 Å². The molecule has 1 aromatic rings. The number of ether oxygens (including phenoxy) is 1. The molecule has 1 aromatic carbocycles. The van der Waals surface area contributed by atoms with Crippen LogP contribution >= 0.6 is 11.8 Å². The SMILES string of the molecule is CCCCSC(OC(=O)c1ccccc1)C(=O)O. The molecule has 1 unspecified atom stereocenters. The van der Waals surface area contributed by atoms with E-state index in [9.17, 15) is 9.59 Å². The summed E-state index contributed by atoms with van der Waals surface area (Å²) in [4.78, 5) is 22.7. The summed E-state index contributed by atoms with van der Waals surface area (Å²) in [7, 11) is 0. The van der Waals surface area contributed by atoms with Crippen LogP contribution in [-0.4, -0.2) is 28.2 Å². The number of carboxylic acid groups (broad SMARTS) is 1. The first-order valence-corrected chi connectivity index (χ1v) is 6.80. The second-order valence-electron chi connectivity index (χ2n) is 3.67. The topological polar surface area (TPSA) is 63.6 Å². The Kier molecular flexibility index (Phi) is 6.28. The van der Waals surface area contributed by atoms with E-state index in [4.69, 9.17) is 9.84 Å². The molecule has 0 radical (unpaired) electrons. The number of benzene rings is 1. The third kappa shape index (κ3) is 4.79. The second-order valence-corrected chi connectivity index (χ2v) is 4.84. The van der Waals surface area contributed by atoms with Crippen LogP contribution in [0.25, 0.3) is 0 Å². The van der Waals surface area contributed by atoms with Gasteiger partial charge in [0.2, 0.25) is 5.44 Å². The highest BCUT2D eigenvalue weighted by atomic mass is 32.2. The van der Waals surface area contributed by atoms with Crippen LogP contribution in [-0.2, 0) is 9.53 Å². The fourth-order valence-corrected chi connectivity index (χ4v) is 2.20. The molecule has 0 amide bonds. The highest BCUT2D eigenvalue weighted by Gasteiger charge is 2.22. The van der Waals surface area contributed by atoms with Crippen molar-refractivity contribution in [2.75, 3.05) is 5.75 Å². The molecule has 4 nitrogen and oxygen atoms in total. The fourth-order valence-electron chi connectivity index (χ4n) is 1.23. The molecule has 0 fully saturated rings. The average molecular weight is 268 g/mol. The molecule has 1 rings (SSSR count). The number of carbonyl (C=O) groups excluding carboxylic acids is 1. The van der Waals surface area contributed by atoms with Crippen molar-refractivity contribution in [1.82, 2.24) is 0 Å². The van der Waals surface area contributed by atoms with Crippen LogP contribution < -0.4 is 0 Å². The van der Waals surface area contributed by atoms with Gasteiger partial charge in [-0.25, -0.2) is 9.59 Å². The number of unbranched alkanes of at least 4 members (excludes halogenated alkanes) is 1. The van der Waals surface area contributed by atoms with E-state index in [1.165, 1.54) is 0 Å². The summed E-state index contributed by atoms with van der Waals surface area (Å²) in [5.41, 5.74) is -0.774. The fraction of sp³-hybridized carbons (Fsp3) is 0.385. The predicted molar refractivity (Wildman–Crippen MR) is 70.6 cm³/mol. The van der Waals surface area contributed by atoms with Gasteiger partial charge in [0, 0.05) is 0 Å². The average Bonchev–Trinajstić information content (AvgIpc) is 2.38. The molecule has 0 saturated heterocycles. The van der Waals surface area contributed by atoms with Crippen molar-refractivity contribution in [2.24, 2.45) is 0 Å².